The molecule has 5 rings (SSSR count). The van der Waals surface area contributed by atoms with E-state index in [9.17, 15) is 14.7 Å². The van der Waals surface area contributed by atoms with E-state index in [4.69, 9.17) is 0 Å². The zero-order valence-electron chi connectivity index (χ0n) is 18.3. The van der Waals surface area contributed by atoms with Gasteiger partial charge in [-0.15, -0.1) is 0 Å². The molecular formula is C28H22N2O3. The monoisotopic (exact) mass is 434 g/mol. The van der Waals surface area contributed by atoms with E-state index < -0.39 is 17.7 Å². The van der Waals surface area contributed by atoms with Crippen molar-refractivity contribution in [1.29, 1.82) is 0 Å². The molecule has 33 heavy (non-hydrogen) atoms. The van der Waals surface area contributed by atoms with Gasteiger partial charge < -0.3 is 5.11 Å². The van der Waals surface area contributed by atoms with E-state index >= 15 is 0 Å². The Balaban J connectivity index is 1.80. The minimum Gasteiger partial charge on any atom is -0.507 e. The first-order chi connectivity index (χ1) is 16.0. The fourth-order valence-corrected chi connectivity index (χ4v) is 4.52. The molecule has 1 aliphatic heterocycles. The van der Waals surface area contributed by atoms with Crippen LogP contribution in [0.25, 0.3) is 16.5 Å². The Labute approximate surface area is 191 Å². The minimum atomic E-state index is -0.771. The van der Waals surface area contributed by atoms with Crippen molar-refractivity contribution in [2.45, 2.75) is 19.9 Å². The summed E-state index contributed by atoms with van der Waals surface area (Å²) in [6.07, 6.45) is 3.24. The van der Waals surface area contributed by atoms with Gasteiger partial charge in [0.05, 0.1) is 11.6 Å². The lowest BCUT2D eigenvalue weighted by molar-refractivity contribution is -0.132. The van der Waals surface area contributed by atoms with Crippen molar-refractivity contribution in [2.24, 2.45) is 0 Å². The number of fused-ring (bicyclic) bond motifs is 1. The Morgan fingerprint density at radius 3 is 2.36 bits per heavy atom. The number of hydrogen-bond acceptors (Lipinski definition) is 4. The Morgan fingerprint density at radius 1 is 0.879 bits per heavy atom. The molecule has 1 saturated heterocycles. The second-order valence-corrected chi connectivity index (χ2v) is 8.20. The number of hydrogen-bond donors (Lipinski definition) is 1. The third-order valence-corrected chi connectivity index (χ3v) is 6.35. The molecule has 1 aromatic heterocycles. The number of rotatable bonds is 3. The van der Waals surface area contributed by atoms with Gasteiger partial charge in [0.2, 0.25) is 0 Å². The maximum atomic E-state index is 13.4. The number of amides is 1. The van der Waals surface area contributed by atoms with Gasteiger partial charge in [-0.2, -0.15) is 0 Å². The molecule has 0 bridgehead atoms. The van der Waals surface area contributed by atoms with E-state index in [1.807, 2.05) is 68.4 Å². The summed E-state index contributed by atoms with van der Waals surface area (Å²) in [6, 6.07) is 21.6. The molecule has 0 saturated carbocycles. The van der Waals surface area contributed by atoms with Crippen LogP contribution in [0.15, 0.2) is 90.8 Å². The predicted octanol–water partition coefficient (Wildman–Crippen LogP) is 5.48. The topological polar surface area (TPSA) is 70.5 Å². The summed E-state index contributed by atoms with van der Waals surface area (Å²) < 4.78 is 0. The lowest BCUT2D eigenvalue weighted by atomic mass is 9.93. The van der Waals surface area contributed by atoms with Crippen molar-refractivity contribution >= 4 is 33.9 Å². The predicted molar refractivity (Wildman–Crippen MR) is 129 cm³/mol. The van der Waals surface area contributed by atoms with E-state index in [-0.39, 0.29) is 11.3 Å². The number of ketones is 1. The van der Waals surface area contributed by atoms with Gasteiger partial charge in [0.1, 0.15) is 5.76 Å². The first-order valence-corrected chi connectivity index (χ1v) is 10.7. The average Bonchev–Trinajstić information content (AvgIpc) is 3.11. The molecule has 5 nitrogen and oxygen atoms in total. The Bertz CT molecular complexity index is 1440. The van der Waals surface area contributed by atoms with E-state index in [2.05, 4.69) is 4.98 Å². The number of aryl methyl sites for hydroxylation is 1. The van der Waals surface area contributed by atoms with Crippen molar-refractivity contribution in [3.63, 3.8) is 0 Å². The van der Waals surface area contributed by atoms with Crippen LogP contribution >= 0.6 is 0 Å². The van der Waals surface area contributed by atoms with Crippen molar-refractivity contribution in [3.8, 4) is 0 Å². The largest absolute Gasteiger partial charge is 0.507 e. The van der Waals surface area contributed by atoms with Gasteiger partial charge in [-0.25, -0.2) is 0 Å². The number of aromatic nitrogens is 1. The summed E-state index contributed by atoms with van der Waals surface area (Å²) in [5, 5.41) is 13.2. The van der Waals surface area contributed by atoms with Crippen LogP contribution in [0.4, 0.5) is 5.69 Å². The molecule has 4 aromatic rings. The number of carbonyl (C=O) groups excluding carboxylic acids is 2. The van der Waals surface area contributed by atoms with Gasteiger partial charge >= 0.3 is 0 Å². The van der Waals surface area contributed by atoms with Gasteiger partial charge in [-0.05, 0) is 59.5 Å². The van der Waals surface area contributed by atoms with Gasteiger partial charge in [-0.1, -0.05) is 54.6 Å². The van der Waals surface area contributed by atoms with Gasteiger partial charge in [0, 0.05) is 23.6 Å². The quantitative estimate of drug-likeness (QED) is 0.263. The van der Waals surface area contributed by atoms with Gasteiger partial charge in [0.25, 0.3) is 11.7 Å². The zero-order chi connectivity index (χ0) is 23.1. The Hall–Kier alpha value is -4.25. The number of pyridine rings is 1. The number of aliphatic hydroxyl groups excluding tert-OH is 1. The molecule has 2 heterocycles. The van der Waals surface area contributed by atoms with Crippen LogP contribution in [0.5, 0.6) is 0 Å². The average molecular weight is 434 g/mol. The molecule has 1 unspecified atom stereocenters. The highest BCUT2D eigenvalue weighted by Crippen LogP contribution is 2.43. The molecule has 0 aliphatic carbocycles. The molecule has 1 N–H and O–H groups in total. The third-order valence-electron chi connectivity index (χ3n) is 6.35. The van der Waals surface area contributed by atoms with E-state index in [0.717, 1.165) is 21.9 Å². The van der Waals surface area contributed by atoms with Crippen LogP contribution in [-0.2, 0) is 9.59 Å². The second-order valence-electron chi connectivity index (χ2n) is 8.20. The summed E-state index contributed by atoms with van der Waals surface area (Å²) in [5.41, 5.74) is 3.86. The van der Waals surface area contributed by atoms with E-state index in [1.54, 1.807) is 30.6 Å². The standard InChI is InChI=1S/C28H22N2O3/c1-17-7-5-12-23(18(17)2)30-25(20-13-15-29-16-14-20)24(27(32)28(30)33)26(31)22-11-6-9-19-8-3-4-10-21(19)22/h3-16,25,31H,1-2H3/b26-24-. The summed E-state index contributed by atoms with van der Waals surface area (Å²) in [7, 11) is 0. The maximum Gasteiger partial charge on any atom is 0.300 e. The van der Waals surface area contributed by atoms with Gasteiger partial charge in [0.15, 0.2) is 0 Å². The zero-order valence-corrected chi connectivity index (χ0v) is 18.3. The fourth-order valence-electron chi connectivity index (χ4n) is 4.52. The molecule has 1 fully saturated rings. The highest BCUT2D eigenvalue weighted by atomic mass is 16.3. The number of nitrogens with zero attached hydrogens (tertiary/aromatic N) is 2. The first-order valence-electron chi connectivity index (χ1n) is 10.7. The van der Waals surface area contributed by atoms with Crippen LogP contribution in [0.2, 0.25) is 0 Å². The Kier molecular flexibility index (Phi) is 5.02. The summed E-state index contributed by atoms with van der Waals surface area (Å²) in [6.45, 7) is 3.89. The minimum absolute atomic E-state index is 0.0726. The van der Waals surface area contributed by atoms with Crippen molar-refractivity contribution < 1.29 is 14.7 Å². The number of aliphatic hydroxyl groups is 1. The normalized spacial score (nSPS) is 17.6. The molecule has 1 atom stereocenters. The molecule has 1 aliphatic rings. The summed E-state index contributed by atoms with van der Waals surface area (Å²) in [4.78, 5) is 32.4. The van der Waals surface area contributed by atoms with E-state index in [0.29, 0.717) is 16.8 Å². The van der Waals surface area contributed by atoms with E-state index in [1.165, 1.54) is 4.90 Å². The number of anilines is 1. The molecule has 0 radical (unpaired) electrons. The summed E-state index contributed by atoms with van der Waals surface area (Å²) in [5.74, 6) is -1.55. The smallest absolute Gasteiger partial charge is 0.300 e. The maximum absolute atomic E-state index is 13.4. The van der Waals surface area contributed by atoms with Crippen LogP contribution in [0, 0.1) is 13.8 Å². The van der Waals surface area contributed by atoms with Gasteiger partial charge in [-0.3, -0.25) is 19.5 Å². The highest BCUT2D eigenvalue weighted by molar-refractivity contribution is 6.52. The number of Topliss-reactive ketones (excluding diaryl/α,β-unsaturated/α-hetero) is 1. The molecule has 3 aromatic carbocycles. The highest BCUT2D eigenvalue weighted by Gasteiger charge is 2.47. The van der Waals surface area contributed by atoms with Crippen molar-refractivity contribution in [2.75, 3.05) is 4.90 Å². The number of carbonyl (C=O) groups is 2. The molecule has 1 amide bonds. The van der Waals surface area contributed by atoms with Crippen molar-refractivity contribution in [1.82, 2.24) is 4.98 Å². The molecular weight excluding hydrogens is 412 g/mol. The number of benzene rings is 3. The SMILES string of the molecule is Cc1cccc(N2C(=O)C(=O)/C(=C(\O)c3cccc4ccccc34)C2c2ccncc2)c1C. The van der Waals surface area contributed by atoms with Crippen molar-refractivity contribution in [3.05, 3.63) is 113 Å². The molecule has 0 spiro atoms. The second kappa shape index (κ2) is 8.02. The summed E-state index contributed by atoms with van der Waals surface area (Å²) >= 11 is 0. The van der Waals surface area contributed by atoms with Crippen LogP contribution in [0.3, 0.4) is 0 Å². The fraction of sp³-hybridized carbons (Fsp3) is 0.107. The lowest BCUT2D eigenvalue weighted by Crippen LogP contribution is -2.30. The van der Waals surface area contributed by atoms with Crippen LogP contribution in [-0.4, -0.2) is 21.8 Å². The molecule has 5 heteroatoms. The molecule has 162 valence electrons. The van der Waals surface area contributed by atoms with Crippen LogP contribution < -0.4 is 4.90 Å². The Morgan fingerprint density at radius 2 is 1.58 bits per heavy atom. The third kappa shape index (κ3) is 3.29. The lowest BCUT2D eigenvalue weighted by Gasteiger charge is -2.27. The first kappa shape index (κ1) is 20.6. The van der Waals surface area contributed by atoms with Crippen LogP contribution in [0.1, 0.15) is 28.3 Å².